The molecule has 25 heavy (non-hydrogen) atoms. The molecular weight excluding hydrogens is 332 g/mol. The second-order valence-electron chi connectivity index (χ2n) is 6.70. The normalized spacial score (nSPS) is 19.9. The summed E-state index contributed by atoms with van der Waals surface area (Å²) in [5.41, 5.74) is 2.72. The van der Waals surface area contributed by atoms with E-state index in [4.69, 9.17) is 0 Å². The number of aromatic nitrogens is 2. The molecule has 5 nitrogen and oxygen atoms in total. The van der Waals surface area contributed by atoms with E-state index in [1.54, 1.807) is 6.07 Å². The van der Waals surface area contributed by atoms with Gasteiger partial charge in [-0.2, -0.15) is 16.9 Å². The Morgan fingerprint density at radius 2 is 1.76 bits per heavy atom. The zero-order valence-electron chi connectivity index (χ0n) is 14.4. The summed E-state index contributed by atoms with van der Waals surface area (Å²) in [5.74, 6) is 2.59. The lowest BCUT2D eigenvalue weighted by Crippen LogP contribution is -2.51. The fourth-order valence-corrected chi connectivity index (χ4v) is 4.90. The Morgan fingerprint density at radius 3 is 2.48 bits per heavy atom. The van der Waals surface area contributed by atoms with Crippen LogP contribution in [0.25, 0.3) is 11.3 Å². The summed E-state index contributed by atoms with van der Waals surface area (Å²) in [7, 11) is 0. The number of nitrogens with zero attached hydrogens (tertiary/aromatic N) is 3. The van der Waals surface area contributed by atoms with Gasteiger partial charge >= 0.3 is 0 Å². The van der Waals surface area contributed by atoms with E-state index >= 15 is 0 Å². The molecule has 0 bridgehead atoms. The maximum atomic E-state index is 11.9. The number of aromatic amines is 1. The van der Waals surface area contributed by atoms with Crippen molar-refractivity contribution >= 4 is 17.4 Å². The predicted molar refractivity (Wildman–Crippen MR) is 104 cm³/mol. The minimum absolute atomic E-state index is 0.138. The van der Waals surface area contributed by atoms with Crippen LogP contribution in [0.5, 0.6) is 0 Å². The van der Waals surface area contributed by atoms with E-state index in [9.17, 15) is 4.79 Å². The zero-order chi connectivity index (χ0) is 17.1. The molecule has 0 amide bonds. The number of hydrogen-bond acceptors (Lipinski definition) is 5. The monoisotopic (exact) mass is 356 g/mol. The molecule has 3 heterocycles. The molecule has 2 aliphatic heterocycles. The third-order valence-corrected chi connectivity index (χ3v) is 6.25. The molecular formula is C19H24N4OS. The van der Waals surface area contributed by atoms with Crippen LogP contribution >= 0.6 is 11.8 Å². The molecule has 0 radical (unpaired) electrons. The van der Waals surface area contributed by atoms with E-state index < -0.39 is 0 Å². The lowest BCUT2D eigenvalue weighted by Gasteiger charge is -2.41. The SMILES string of the molecule is O=c1cc(N2CCN(C3CCSCC3)CC2)c(-c2ccccc2)n[nH]1. The highest BCUT2D eigenvalue weighted by molar-refractivity contribution is 7.99. The van der Waals surface area contributed by atoms with Crippen LogP contribution in [0.2, 0.25) is 0 Å². The molecule has 0 saturated carbocycles. The molecule has 1 aromatic heterocycles. The summed E-state index contributed by atoms with van der Waals surface area (Å²) >= 11 is 2.08. The highest BCUT2D eigenvalue weighted by atomic mass is 32.2. The molecule has 0 unspecified atom stereocenters. The third kappa shape index (κ3) is 3.75. The molecule has 2 fully saturated rings. The fraction of sp³-hybridized carbons (Fsp3) is 0.474. The highest BCUT2D eigenvalue weighted by Gasteiger charge is 2.26. The number of benzene rings is 1. The van der Waals surface area contributed by atoms with Crippen molar-refractivity contribution in [2.24, 2.45) is 0 Å². The third-order valence-electron chi connectivity index (χ3n) is 5.20. The molecule has 4 rings (SSSR count). The van der Waals surface area contributed by atoms with Gasteiger partial charge in [0.25, 0.3) is 5.56 Å². The Balaban J connectivity index is 1.53. The van der Waals surface area contributed by atoms with E-state index in [1.165, 1.54) is 24.3 Å². The molecule has 0 aliphatic carbocycles. The van der Waals surface area contributed by atoms with Crippen LogP contribution in [-0.4, -0.2) is 58.8 Å². The minimum atomic E-state index is -0.138. The van der Waals surface area contributed by atoms with Crippen molar-refractivity contribution in [2.75, 3.05) is 42.6 Å². The van der Waals surface area contributed by atoms with E-state index in [2.05, 4.69) is 31.8 Å². The maximum absolute atomic E-state index is 11.9. The van der Waals surface area contributed by atoms with Gasteiger partial charge in [0.05, 0.1) is 5.69 Å². The minimum Gasteiger partial charge on any atom is -0.367 e. The quantitative estimate of drug-likeness (QED) is 0.916. The number of anilines is 1. The Hall–Kier alpha value is -1.79. The van der Waals surface area contributed by atoms with Crippen molar-refractivity contribution in [3.05, 3.63) is 46.8 Å². The van der Waals surface area contributed by atoms with Crippen LogP contribution in [0.15, 0.2) is 41.2 Å². The van der Waals surface area contributed by atoms with E-state index in [0.717, 1.165) is 49.2 Å². The van der Waals surface area contributed by atoms with Crippen LogP contribution in [-0.2, 0) is 0 Å². The lowest BCUT2D eigenvalue weighted by atomic mass is 10.1. The van der Waals surface area contributed by atoms with Crippen molar-refractivity contribution in [1.82, 2.24) is 15.1 Å². The van der Waals surface area contributed by atoms with Gasteiger partial charge in [-0.25, -0.2) is 5.10 Å². The zero-order valence-corrected chi connectivity index (χ0v) is 15.2. The van der Waals surface area contributed by atoms with Crippen molar-refractivity contribution in [3.8, 4) is 11.3 Å². The van der Waals surface area contributed by atoms with Crippen LogP contribution in [0.4, 0.5) is 5.69 Å². The molecule has 2 aliphatic rings. The first-order valence-electron chi connectivity index (χ1n) is 9.03. The first-order valence-corrected chi connectivity index (χ1v) is 10.2. The van der Waals surface area contributed by atoms with Gasteiger partial charge in [0.2, 0.25) is 0 Å². The van der Waals surface area contributed by atoms with Crippen molar-refractivity contribution in [1.29, 1.82) is 0 Å². The summed E-state index contributed by atoms with van der Waals surface area (Å²) in [4.78, 5) is 16.8. The molecule has 1 N–H and O–H groups in total. The van der Waals surface area contributed by atoms with Crippen molar-refractivity contribution in [2.45, 2.75) is 18.9 Å². The molecule has 1 aromatic carbocycles. The summed E-state index contributed by atoms with van der Waals surface area (Å²) < 4.78 is 0. The van der Waals surface area contributed by atoms with Gasteiger partial charge in [-0.3, -0.25) is 9.69 Å². The predicted octanol–water partition coefficient (Wildman–Crippen LogP) is 2.45. The summed E-state index contributed by atoms with van der Waals surface area (Å²) in [5, 5.41) is 6.93. The molecule has 2 aromatic rings. The van der Waals surface area contributed by atoms with Crippen LogP contribution in [0.3, 0.4) is 0 Å². The topological polar surface area (TPSA) is 52.2 Å². The second-order valence-corrected chi connectivity index (χ2v) is 7.92. The van der Waals surface area contributed by atoms with Gasteiger partial charge in [0.1, 0.15) is 5.69 Å². The number of piperazine rings is 1. The fourth-order valence-electron chi connectivity index (χ4n) is 3.82. The van der Waals surface area contributed by atoms with E-state index in [-0.39, 0.29) is 5.56 Å². The number of nitrogens with one attached hydrogen (secondary N) is 1. The van der Waals surface area contributed by atoms with Crippen molar-refractivity contribution in [3.63, 3.8) is 0 Å². The van der Waals surface area contributed by atoms with Gasteiger partial charge in [0.15, 0.2) is 0 Å². The van der Waals surface area contributed by atoms with Gasteiger partial charge < -0.3 is 4.90 Å². The summed E-state index contributed by atoms with van der Waals surface area (Å²) in [6.45, 7) is 4.04. The smallest absolute Gasteiger partial charge is 0.266 e. The molecule has 132 valence electrons. The largest absolute Gasteiger partial charge is 0.367 e. The van der Waals surface area contributed by atoms with Crippen LogP contribution in [0.1, 0.15) is 12.8 Å². The van der Waals surface area contributed by atoms with Crippen molar-refractivity contribution < 1.29 is 0 Å². The lowest BCUT2D eigenvalue weighted by molar-refractivity contribution is 0.175. The first kappa shape index (κ1) is 16.7. The van der Waals surface area contributed by atoms with E-state index in [1.807, 2.05) is 30.3 Å². The van der Waals surface area contributed by atoms with Crippen LogP contribution in [0, 0.1) is 0 Å². The Morgan fingerprint density at radius 1 is 1.04 bits per heavy atom. The number of thioether (sulfide) groups is 1. The number of rotatable bonds is 3. The molecule has 0 atom stereocenters. The van der Waals surface area contributed by atoms with E-state index in [0.29, 0.717) is 0 Å². The molecule has 0 spiro atoms. The standard InChI is InChI=1S/C19H24N4OS/c24-18-14-17(19(21-20-18)15-4-2-1-3-5-15)23-10-8-22(9-11-23)16-6-12-25-13-7-16/h1-5,14,16H,6-13H2,(H,20,24). The summed E-state index contributed by atoms with van der Waals surface area (Å²) in [6.07, 6.45) is 2.62. The van der Waals surface area contributed by atoms with Crippen LogP contribution < -0.4 is 10.5 Å². The average Bonchev–Trinajstić information content (AvgIpc) is 2.69. The van der Waals surface area contributed by atoms with Gasteiger partial charge in [-0.15, -0.1) is 0 Å². The summed E-state index contributed by atoms with van der Waals surface area (Å²) in [6, 6.07) is 12.5. The number of H-pyrrole nitrogens is 1. The highest BCUT2D eigenvalue weighted by Crippen LogP contribution is 2.29. The second kappa shape index (κ2) is 7.62. The van der Waals surface area contributed by atoms with Gasteiger partial charge in [-0.1, -0.05) is 30.3 Å². The van der Waals surface area contributed by atoms with Gasteiger partial charge in [0, 0.05) is 43.9 Å². The Kier molecular flexibility index (Phi) is 5.08. The van der Waals surface area contributed by atoms with Gasteiger partial charge in [-0.05, 0) is 24.3 Å². The maximum Gasteiger partial charge on any atom is 0.266 e. The Labute approximate surface area is 152 Å². The Bertz CT molecular complexity index is 750. The molecule has 2 saturated heterocycles. The first-order chi connectivity index (χ1) is 12.3. The number of hydrogen-bond donors (Lipinski definition) is 1. The average molecular weight is 356 g/mol. The molecule has 6 heteroatoms.